The molecule has 0 fully saturated rings. The lowest BCUT2D eigenvalue weighted by Gasteiger charge is -2.18. The molecule has 1 aliphatic carbocycles. The molecule has 0 aliphatic heterocycles. The van der Waals surface area contributed by atoms with Crippen molar-refractivity contribution < 1.29 is 4.92 Å². The Morgan fingerprint density at radius 2 is 2.26 bits per heavy atom. The van der Waals surface area contributed by atoms with Gasteiger partial charge in [-0.05, 0) is 59.3 Å². The van der Waals surface area contributed by atoms with Crippen LogP contribution in [0.1, 0.15) is 24.8 Å². The lowest BCUT2D eigenvalue weighted by Crippen LogP contribution is -2.23. The zero-order chi connectivity index (χ0) is 13.7. The molecule has 0 spiro atoms. The maximum atomic E-state index is 10.8. The number of nitrogens with zero attached hydrogens (tertiary/aromatic N) is 1. The Morgan fingerprint density at radius 3 is 2.95 bits per heavy atom. The van der Waals surface area contributed by atoms with E-state index in [4.69, 9.17) is 0 Å². The van der Waals surface area contributed by atoms with E-state index in [0.717, 1.165) is 24.9 Å². The van der Waals surface area contributed by atoms with E-state index in [1.54, 1.807) is 12.1 Å². The van der Waals surface area contributed by atoms with Crippen LogP contribution in [0.5, 0.6) is 0 Å². The van der Waals surface area contributed by atoms with Gasteiger partial charge in [0.25, 0.3) is 5.69 Å². The van der Waals surface area contributed by atoms with Crippen LogP contribution in [0, 0.1) is 16.0 Å². The predicted octanol–water partition coefficient (Wildman–Crippen LogP) is 3.80. The summed E-state index contributed by atoms with van der Waals surface area (Å²) in [6.45, 7) is 1.64. The lowest BCUT2D eigenvalue weighted by molar-refractivity contribution is -0.385. The summed E-state index contributed by atoms with van der Waals surface area (Å²) in [5.74, 6) is 0.690. The van der Waals surface area contributed by atoms with Crippen molar-refractivity contribution in [2.45, 2.75) is 25.8 Å². The molecule has 0 saturated carbocycles. The van der Waals surface area contributed by atoms with Crippen LogP contribution in [-0.2, 0) is 6.54 Å². The van der Waals surface area contributed by atoms with Gasteiger partial charge in [-0.2, -0.15) is 0 Å². The third-order valence-corrected chi connectivity index (χ3v) is 4.02. The number of rotatable bonds is 5. The summed E-state index contributed by atoms with van der Waals surface area (Å²) in [6.07, 6.45) is 7.99. The fraction of sp³-hybridized carbons (Fsp3) is 0.429. The Bertz CT molecular complexity index is 488. The highest BCUT2D eigenvalue weighted by Gasteiger charge is 2.13. The van der Waals surface area contributed by atoms with Crippen LogP contribution in [0.2, 0.25) is 0 Å². The number of hydrogen-bond acceptors (Lipinski definition) is 3. The molecule has 0 bridgehead atoms. The minimum Gasteiger partial charge on any atom is -0.312 e. The second-order valence-corrected chi connectivity index (χ2v) is 5.68. The number of allylic oxidation sites excluding steroid dienone is 2. The number of halogens is 1. The van der Waals surface area contributed by atoms with Crippen LogP contribution in [0.25, 0.3) is 0 Å². The summed E-state index contributed by atoms with van der Waals surface area (Å²) >= 11 is 3.19. The first-order valence-corrected chi connectivity index (χ1v) is 7.24. The summed E-state index contributed by atoms with van der Waals surface area (Å²) in [5.41, 5.74) is 1.07. The van der Waals surface area contributed by atoms with Crippen molar-refractivity contribution in [3.05, 3.63) is 50.5 Å². The standard InChI is InChI=1S/C14H17BrN2O2/c15-13-7-6-12(8-14(13)17(18)19)10-16-9-11-4-2-1-3-5-11/h1-2,6-8,11,16H,3-5,9-10H2. The number of nitro benzene ring substituents is 1. The van der Waals surface area contributed by atoms with Crippen molar-refractivity contribution in [3.8, 4) is 0 Å². The number of nitrogens with one attached hydrogen (secondary N) is 1. The van der Waals surface area contributed by atoms with E-state index < -0.39 is 0 Å². The van der Waals surface area contributed by atoms with Gasteiger partial charge in [-0.25, -0.2) is 0 Å². The summed E-state index contributed by atoms with van der Waals surface area (Å²) < 4.78 is 0.527. The number of benzene rings is 1. The highest BCUT2D eigenvalue weighted by molar-refractivity contribution is 9.10. The van der Waals surface area contributed by atoms with Crippen molar-refractivity contribution in [3.63, 3.8) is 0 Å². The average molecular weight is 325 g/mol. The Kier molecular flexibility index (Phi) is 5.10. The molecule has 0 radical (unpaired) electrons. The summed E-state index contributed by atoms with van der Waals surface area (Å²) in [5, 5.41) is 14.2. The molecule has 0 heterocycles. The van der Waals surface area contributed by atoms with Gasteiger partial charge in [0.05, 0.1) is 9.40 Å². The largest absolute Gasteiger partial charge is 0.312 e. The minimum atomic E-state index is -0.362. The van der Waals surface area contributed by atoms with Crippen molar-refractivity contribution in [2.75, 3.05) is 6.54 Å². The fourth-order valence-electron chi connectivity index (χ4n) is 2.27. The normalized spacial score (nSPS) is 18.5. The van der Waals surface area contributed by atoms with Gasteiger partial charge >= 0.3 is 0 Å². The second-order valence-electron chi connectivity index (χ2n) is 4.82. The second kappa shape index (κ2) is 6.82. The lowest BCUT2D eigenvalue weighted by atomic mass is 9.94. The van der Waals surface area contributed by atoms with Crippen molar-refractivity contribution in [1.82, 2.24) is 5.32 Å². The molecular weight excluding hydrogens is 308 g/mol. The SMILES string of the molecule is O=[N+]([O-])c1cc(CNCC2CC=CCC2)ccc1Br. The van der Waals surface area contributed by atoms with Crippen molar-refractivity contribution in [2.24, 2.45) is 5.92 Å². The first-order chi connectivity index (χ1) is 9.16. The molecule has 0 saturated heterocycles. The van der Waals surface area contributed by atoms with Crippen LogP contribution >= 0.6 is 15.9 Å². The monoisotopic (exact) mass is 324 g/mol. The predicted molar refractivity (Wildman–Crippen MR) is 79.0 cm³/mol. The van der Waals surface area contributed by atoms with Crippen molar-refractivity contribution >= 4 is 21.6 Å². The zero-order valence-corrected chi connectivity index (χ0v) is 12.2. The molecule has 102 valence electrons. The van der Waals surface area contributed by atoms with Gasteiger partial charge in [0.1, 0.15) is 0 Å². The molecule has 0 amide bonds. The van der Waals surface area contributed by atoms with Gasteiger partial charge < -0.3 is 5.32 Å². The molecule has 1 aromatic carbocycles. The molecule has 5 heteroatoms. The topological polar surface area (TPSA) is 55.2 Å². The molecule has 4 nitrogen and oxygen atoms in total. The maximum Gasteiger partial charge on any atom is 0.283 e. The molecule has 1 aromatic rings. The Labute approximate surface area is 121 Å². The van der Waals surface area contributed by atoms with E-state index in [1.165, 1.54) is 6.42 Å². The van der Waals surface area contributed by atoms with Gasteiger partial charge in [-0.15, -0.1) is 0 Å². The molecule has 1 atom stereocenters. The maximum absolute atomic E-state index is 10.8. The molecule has 1 N–H and O–H groups in total. The van der Waals surface area contributed by atoms with Crippen LogP contribution < -0.4 is 5.32 Å². The summed E-state index contributed by atoms with van der Waals surface area (Å²) in [4.78, 5) is 10.5. The Hall–Kier alpha value is -1.20. The van der Waals surface area contributed by atoms with Gasteiger partial charge in [0.15, 0.2) is 0 Å². The van der Waals surface area contributed by atoms with E-state index in [-0.39, 0.29) is 10.6 Å². The van der Waals surface area contributed by atoms with Gasteiger partial charge in [-0.1, -0.05) is 18.2 Å². The van der Waals surface area contributed by atoms with Gasteiger partial charge in [0, 0.05) is 12.6 Å². The average Bonchev–Trinajstić information content (AvgIpc) is 2.41. The Balaban J connectivity index is 1.87. The molecule has 1 unspecified atom stereocenters. The third-order valence-electron chi connectivity index (χ3n) is 3.35. The van der Waals surface area contributed by atoms with Gasteiger partial charge in [0.2, 0.25) is 0 Å². The summed E-state index contributed by atoms with van der Waals surface area (Å²) in [7, 11) is 0. The Morgan fingerprint density at radius 1 is 1.42 bits per heavy atom. The highest BCUT2D eigenvalue weighted by atomic mass is 79.9. The van der Waals surface area contributed by atoms with Crippen LogP contribution in [0.3, 0.4) is 0 Å². The fourth-order valence-corrected chi connectivity index (χ4v) is 2.66. The first-order valence-electron chi connectivity index (χ1n) is 6.45. The molecule has 2 rings (SSSR count). The third kappa shape index (κ3) is 4.14. The quantitative estimate of drug-likeness (QED) is 0.509. The number of hydrogen-bond donors (Lipinski definition) is 1. The number of nitro groups is 1. The summed E-state index contributed by atoms with van der Waals surface area (Å²) in [6, 6.07) is 5.27. The molecule has 19 heavy (non-hydrogen) atoms. The first kappa shape index (κ1) is 14.2. The van der Waals surface area contributed by atoms with E-state index in [0.29, 0.717) is 16.9 Å². The minimum absolute atomic E-state index is 0.125. The van der Waals surface area contributed by atoms with E-state index >= 15 is 0 Å². The highest BCUT2D eigenvalue weighted by Crippen LogP contribution is 2.25. The van der Waals surface area contributed by atoms with E-state index in [9.17, 15) is 10.1 Å². The molecular formula is C14H17BrN2O2. The van der Waals surface area contributed by atoms with Crippen LogP contribution in [0.4, 0.5) is 5.69 Å². The van der Waals surface area contributed by atoms with E-state index in [1.807, 2.05) is 6.07 Å². The van der Waals surface area contributed by atoms with Crippen molar-refractivity contribution in [1.29, 1.82) is 0 Å². The van der Waals surface area contributed by atoms with Crippen LogP contribution in [-0.4, -0.2) is 11.5 Å². The molecule has 1 aliphatic rings. The molecule has 0 aromatic heterocycles. The van der Waals surface area contributed by atoms with Crippen LogP contribution in [0.15, 0.2) is 34.8 Å². The van der Waals surface area contributed by atoms with E-state index in [2.05, 4.69) is 33.4 Å². The zero-order valence-electron chi connectivity index (χ0n) is 10.6. The van der Waals surface area contributed by atoms with Gasteiger partial charge in [-0.3, -0.25) is 10.1 Å². The smallest absolute Gasteiger partial charge is 0.283 e.